The van der Waals surface area contributed by atoms with E-state index in [2.05, 4.69) is 39.7 Å². The summed E-state index contributed by atoms with van der Waals surface area (Å²) in [5, 5.41) is 11.9. The molecule has 3 N–H and O–H groups in total. The van der Waals surface area contributed by atoms with Gasteiger partial charge in [-0.1, -0.05) is 26.0 Å². The second-order valence-electron chi connectivity index (χ2n) is 5.67. The Bertz CT molecular complexity index is 652. The summed E-state index contributed by atoms with van der Waals surface area (Å²) in [5.74, 6) is 0.721. The minimum atomic E-state index is -0.266. The second-order valence-corrected chi connectivity index (χ2v) is 5.67. The fourth-order valence-corrected chi connectivity index (χ4v) is 1.98. The molecule has 2 aromatic rings. The SMILES string of the molecule is CC(C)CCC(=O)NCC(=O)Nc1cccc(-c2ncn[nH]2)c1. The van der Waals surface area contributed by atoms with Crippen LogP contribution in [0, 0.1) is 5.92 Å². The van der Waals surface area contributed by atoms with E-state index in [1.165, 1.54) is 6.33 Å². The van der Waals surface area contributed by atoms with Crippen LogP contribution in [-0.4, -0.2) is 33.5 Å². The van der Waals surface area contributed by atoms with Gasteiger partial charge in [-0.2, -0.15) is 5.10 Å². The number of anilines is 1. The topological polar surface area (TPSA) is 99.8 Å². The lowest BCUT2D eigenvalue weighted by Gasteiger charge is -2.08. The molecule has 0 aliphatic heterocycles. The fourth-order valence-electron chi connectivity index (χ4n) is 1.98. The molecule has 2 amide bonds. The molecule has 1 heterocycles. The maximum absolute atomic E-state index is 11.9. The van der Waals surface area contributed by atoms with Gasteiger partial charge >= 0.3 is 0 Å². The molecule has 1 aromatic carbocycles. The summed E-state index contributed by atoms with van der Waals surface area (Å²) in [4.78, 5) is 27.6. The number of hydrogen-bond acceptors (Lipinski definition) is 4. The van der Waals surface area contributed by atoms with Crippen LogP contribution in [0.2, 0.25) is 0 Å². The molecule has 0 saturated heterocycles. The quantitative estimate of drug-likeness (QED) is 0.727. The van der Waals surface area contributed by atoms with Crippen LogP contribution in [-0.2, 0) is 9.59 Å². The molecule has 23 heavy (non-hydrogen) atoms. The van der Waals surface area contributed by atoms with Gasteiger partial charge in [0, 0.05) is 17.7 Å². The highest BCUT2D eigenvalue weighted by molar-refractivity contribution is 5.94. The minimum absolute atomic E-state index is 0.0382. The normalized spacial score (nSPS) is 10.6. The number of hydrogen-bond donors (Lipinski definition) is 3. The van der Waals surface area contributed by atoms with Gasteiger partial charge in [0.15, 0.2) is 5.82 Å². The van der Waals surface area contributed by atoms with Crippen LogP contribution in [0.5, 0.6) is 0 Å². The molecule has 0 bridgehead atoms. The van der Waals surface area contributed by atoms with Crippen LogP contribution in [0.1, 0.15) is 26.7 Å². The first-order chi connectivity index (χ1) is 11.0. The highest BCUT2D eigenvalue weighted by Gasteiger charge is 2.08. The molecule has 7 heteroatoms. The van der Waals surface area contributed by atoms with Gasteiger partial charge in [0.1, 0.15) is 6.33 Å². The highest BCUT2D eigenvalue weighted by Crippen LogP contribution is 2.18. The van der Waals surface area contributed by atoms with Gasteiger partial charge in [0.25, 0.3) is 0 Å². The maximum Gasteiger partial charge on any atom is 0.243 e. The van der Waals surface area contributed by atoms with E-state index in [0.717, 1.165) is 12.0 Å². The van der Waals surface area contributed by atoms with Crippen LogP contribution in [0.4, 0.5) is 5.69 Å². The number of amides is 2. The molecular formula is C16H21N5O2. The molecule has 0 fully saturated rings. The van der Waals surface area contributed by atoms with Gasteiger partial charge in [-0.05, 0) is 24.5 Å². The van der Waals surface area contributed by atoms with E-state index in [1.54, 1.807) is 12.1 Å². The van der Waals surface area contributed by atoms with Crippen molar-refractivity contribution >= 4 is 17.5 Å². The summed E-state index contributed by atoms with van der Waals surface area (Å²) < 4.78 is 0. The third kappa shape index (κ3) is 5.54. The Morgan fingerprint density at radius 2 is 2.09 bits per heavy atom. The molecule has 0 unspecified atom stereocenters. The summed E-state index contributed by atoms with van der Waals surface area (Å²) in [6.07, 6.45) is 2.67. The van der Waals surface area contributed by atoms with E-state index in [-0.39, 0.29) is 18.4 Å². The van der Waals surface area contributed by atoms with E-state index >= 15 is 0 Å². The monoisotopic (exact) mass is 315 g/mol. The predicted octanol–water partition coefficient (Wildman–Crippen LogP) is 1.96. The van der Waals surface area contributed by atoms with Crippen LogP contribution in [0.15, 0.2) is 30.6 Å². The molecule has 0 aliphatic rings. The third-order valence-corrected chi connectivity index (χ3v) is 3.23. The molecule has 0 radical (unpaired) electrons. The predicted molar refractivity (Wildman–Crippen MR) is 87.5 cm³/mol. The van der Waals surface area contributed by atoms with Crippen molar-refractivity contribution in [2.45, 2.75) is 26.7 Å². The van der Waals surface area contributed by atoms with Crippen LogP contribution in [0.25, 0.3) is 11.4 Å². The first kappa shape index (κ1) is 16.7. The molecule has 0 atom stereocenters. The Balaban J connectivity index is 1.84. The number of benzene rings is 1. The van der Waals surface area contributed by atoms with Crippen molar-refractivity contribution in [2.24, 2.45) is 5.92 Å². The third-order valence-electron chi connectivity index (χ3n) is 3.23. The van der Waals surface area contributed by atoms with Crippen molar-refractivity contribution in [1.82, 2.24) is 20.5 Å². The maximum atomic E-state index is 11.9. The van der Waals surface area contributed by atoms with Gasteiger partial charge in [-0.15, -0.1) is 0 Å². The average molecular weight is 315 g/mol. The largest absolute Gasteiger partial charge is 0.347 e. The Hall–Kier alpha value is -2.70. The number of aromatic amines is 1. The first-order valence-electron chi connectivity index (χ1n) is 7.57. The van der Waals surface area contributed by atoms with Crippen LogP contribution < -0.4 is 10.6 Å². The fraction of sp³-hybridized carbons (Fsp3) is 0.375. The standard InChI is InChI=1S/C16H21N5O2/c1-11(2)6-7-14(22)17-9-15(23)20-13-5-3-4-12(8-13)16-18-10-19-21-16/h3-5,8,10-11H,6-7,9H2,1-2H3,(H,17,22)(H,20,23)(H,18,19,21). The lowest BCUT2D eigenvalue weighted by molar-refractivity contribution is -0.124. The zero-order valence-corrected chi connectivity index (χ0v) is 13.3. The van der Waals surface area contributed by atoms with E-state index in [9.17, 15) is 9.59 Å². The summed E-state index contributed by atoms with van der Waals surface area (Å²) in [6.45, 7) is 4.08. The molecule has 1 aromatic heterocycles. The van der Waals surface area contributed by atoms with Crippen LogP contribution in [0.3, 0.4) is 0 Å². The van der Waals surface area contributed by atoms with Gasteiger partial charge in [-0.25, -0.2) is 4.98 Å². The lowest BCUT2D eigenvalue weighted by atomic mass is 10.1. The zero-order chi connectivity index (χ0) is 16.7. The van der Waals surface area contributed by atoms with Crippen LogP contribution >= 0.6 is 0 Å². The summed E-state index contributed by atoms with van der Waals surface area (Å²) >= 11 is 0. The summed E-state index contributed by atoms with van der Waals surface area (Å²) in [5.41, 5.74) is 1.46. The molecular weight excluding hydrogens is 294 g/mol. The number of nitrogens with zero attached hydrogens (tertiary/aromatic N) is 2. The average Bonchev–Trinajstić information content (AvgIpc) is 3.05. The number of nitrogens with one attached hydrogen (secondary N) is 3. The summed E-state index contributed by atoms with van der Waals surface area (Å²) in [6, 6.07) is 7.25. The van der Waals surface area contributed by atoms with Crippen molar-refractivity contribution in [3.63, 3.8) is 0 Å². The van der Waals surface area contributed by atoms with E-state index < -0.39 is 0 Å². The van der Waals surface area contributed by atoms with E-state index in [4.69, 9.17) is 0 Å². The zero-order valence-electron chi connectivity index (χ0n) is 13.3. The number of carbonyl (C=O) groups is 2. The Morgan fingerprint density at radius 3 is 2.78 bits per heavy atom. The second kappa shape index (κ2) is 8.07. The minimum Gasteiger partial charge on any atom is -0.347 e. The van der Waals surface area contributed by atoms with Gasteiger partial charge in [0.2, 0.25) is 11.8 Å². The lowest BCUT2D eigenvalue weighted by Crippen LogP contribution is -2.32. The van der Waals surface area contributed by atoms with Crippen molar-refractivity contribution < 1.29 is 9.59 Å². The summed E-state index contributed by atoms with van der Waals surface area (Å²) in [7, 11) is 0. The van der Waals surface area contributed by atoms with E-state index in [0.29, 0.717) is 23.9 Å². The van der Waals surface area contributed by atoms with Crippen molar-refractivity contribution in [3.05, 3.63) is 30.6 Å². The molecule has 7 nitrogen and oxygen atoms in total. The van der Waals surface area contributed by atoms with Gasteiger partial charge in [0.05, 0.1) is 6.54 Å². The molecule has 2 rings (SSSR count). The number of rotatable bonds is 7. The number of H-pyrrole nitrogens is 1. The van der Waals surface area contributed by atoms with Crippen molar-refractivity contribution in [1.29, 1.82) is 0 Å². The van der Waals surface area contributed by atoms with Crippen molar-refractivity contribution in [3.8, 4) is 11.4 Å². The molecule has 0 aliphatic carbocycles. The van der Waals surface area contributed by atoms with E-state index in [1.807, 2.05) is 12.1 Å². The van der Waals surface area contributed by atoms with Crippen molar-refractivity contribution in [2.75, 3.05) is 11.9 Å². The Labute approximate surface area is 134 Å². The van der Waals surface area contributed by atoms with Gasteiger partial charge < -0.3 is 10.6 Å². The highest BCUT2D eigenvalue weighted by atomic mass is 16.2. The Morgan fingerprint density at radius 1 is 1.26 bits per heavy atom. The first-order valence-corrected chi connectivity index (χ1v) is 7.57. The number of aromatic nitrogens is 3. The molecule has 0 spiro atoms. The Kier molecular flexibility index (Phi) is 5.85. The number of carbonyl (C=O) groups excluding carboxylic acids is 2. The molecule has 122 valence electrons. The smallest absolute Gasteiger partial charge is 0.243 e. The molecule has 0 saturated carbocycles. The van der Waals surface area contributed by atoms with Gasteiger partial charge in [-0.3, -0.25) is 14.7 Å².